The van der Waals surface area contributed by atoms with Crippen LogP contribution in [0, 0.1) is 0 Å². The van der Waals surface area contributed by atoms with Crippen LogP contribution in [0.3, 0.4) is 0 Å². The number of rotatable bonds is 17. The van der Waals surface area contributed by atoms with Crippen molar-refractivity contribution in [1.29, 1.82) is 0 Å². The molecule has 1 unspecified atom stereocenters. The van der Waals surface area contributed by atoms with Gasteiger partial charge in [-0.1, -0.05) is 64.0 Å². The standard InChI is InChI=1S/C21H44NO4P/c1-5-6-7-8-9-10-11-12-13-14-15-16-17-18-19-21(23,27(24,25)26)20-22(2,3)4/h11-12,23H,5-10,13-20H2,1-4H3,(H-,24,25,26)/p+1/b12-11-. The molecule has 1 atom stereocenters. The predicted molar refractivity (Wildman–Crippen MR) is 115 cm³/mol. The van der Waals surface area contributed by atoms with Crippen LogP contribution >= 0.6 is 7.60 Å². The van der Waals surface area contributed by atoms with E-state index in [2.05, 4.69) is 19.1 Å². The Balaban J connectivity index is 3.81. The molecule has 0 rings (SSSR count). The molecule has 27 heavy (non-hydrogen) atoms. The van der Waals surface area contributed by atoms with Gasteiger partial charge in [-0.3, -0.25) is 4.57 Å². The number of likely N-dealkylation sites (N-methyl/N-ethyl adjacent to an activating group) is 1. The van der Waals surface area contributed by atoms with Gasteiger partial charge in [0.1, 0.15) is 6.54 Å². The van der Waals surface area contributed by atoms with Crippen LogP contribution in [-0.2, 0) is 4.57 Å². The highest BCUT2D eigenvalue weighted by atomic mass is 31.2. The van der Waals surface area contributed by atoms with E-state index in [4.69, 9.17) is 0 Å². The maximum absolute atomic E-state index is 11.7. The van der Waals surface area contributed by atoms with Gasteiger partial charge in [0.25, 0.3) is 0 Å². The van der Waals surface area contributed by atoms with Crippen molar-refractivity contribution in [2.75, 3.05) is 27.7 Å². The lowest BCUT2D eigenvalue weighted by Crippen LogP contribution is -2.49. The van der Waals surface area contributed by atoms with E-state index in [0.29, 0.717) is 10.9 Å². The van der Waals surface area contributed by atoms with Crippen molar-refractivity contribution in [1.82, 2.24) is 0 Å². The molecule has 0 aromatic heterocycles. The van der Waals surface area contributed by atoms with Crippen LogP contribution in [-0.4, -0.2) is 52.4 Å². The SMILES string of the molecule is CCCCCCC/C=C\CCCCCCCC(O)(C[N+](C)(C)C)P(=O)(O)O. The van der Waals surface area contributed by atoms with Gasteiger partial charge in [-0.2, -0.15) is 0 Å². The van der Waals surface area contributed by atoms with E-state index in [-0.39, 0.29) is 13.0 Å². The van der Waals surface area contributed by atoms with E-state index >= 15 is 0 Å². The molecule has 0 amide bonds. The fraction of sp³-hybridized carbons (Fsp3) is 0.905. The van der Waals surface area contributed by atoms with Crippen LogP contribution < -0.4 is 0 Å². The summed E-state index contributed by atoms with van der Waals surface area (Å²) in [5, 5.41) is 8.58. The highest BCUT2D eigenvalue weighted by Gasteiger charge is 2.48. The third-order valence-electron chi connectivity index (χ3n) is 4.86. The number of aliphatic hydroxyl groups is 1. The van der Waals surface area contributed by atoms with E-state index in [0.717, 1.165) is 32.1 Å². The van der Waals surface area contributed by atoms with Gasteiger partial charge in [0, 0.05) is 0 Å². The fourth-order valence-electron chi connectivity index (χ4n) is 3.38. The van der Waals surface area contributed by atoms with Gasteiger partial charge in [-0.15, -0.1) is 0 Å². The van der Waals surface area contributed by atoms with E-state index in [9.17, 15) is 19.5 Å². The number of nitrogens with zero attached hydrogens (tertiary/aromatic N) is 1. The molecule has 0 aliphatic carbocycles. The van der Waals surface area contributed by atoms with Crippen molar-refractivity contribution in [2.24, 2.45) is 0 Å². The molecule has 3 N–H and O–H groups in total. The quantitative estimate of drug-likeness (QED) is 0.134. The van der Waals surface area contributed by atoms with Crippen LogP contribution in [0.4, 0.5) is 0 Å². The highest BCUT2D eigenvalue weighted by Crippen LogP contribution is 2.52. The molecule has 0 heterocycles. The van der Waals surface area contributed by atoms with Crippen LogP contribution in [0.25, 0.3) is 0 Å². The van der Waals surface area contributed by atoms with Crippen molar-refractivity contribution < 1.29 is 23.9 Å². The summed E-state index contributed by atoms with van der Waals surface area (Å²) in [6.45, 7) is 2.30. The number of hydrogen-bond acceptors (Lipinski definition) is 2. The summed E-state index contributed by atoms with van der Waals surface area (Å²) in [5.41, 5.74) is 0. The first kappa shape index (κ1) is 26.8. The van der Waals surface area contributed by atoms with Crippen LogP contribution in [0.15, 0.2) is 12.2 Å². The average Bonchev–Trinajstić information content (AvgIpc) is 2.52. The Bertz CT molecular complexity index is 442. The van der Waals surface area contributed by atoms with Crippen molar-refractivity contribution in [3.63, 3.8) is 0 Å². The lowest BCUT2D eigenvalue weighted by molar-refractivity contribution is -0.875. The first-order valence-corrected chi connectivity index (χ1v) is 12.4. The number of allylic oxidation sites excluding steroid dienone is 2. The van der Waals surface area contributed by atoms with Crippen LogP contribution in [0.5, 0.6) is 0 Å². The minimum atomic E-state index is -4.54. The maximum atomic E-state index is 11.7. The Morgan fingerprint density at radius 3 is 1.70 bits per heavy atom. The van der Waals surface area contributed by atoms with Gasteiger partial charge < -0.3 is 19.4 Å². The first-order chi connectivity index (χ1) is 12.5. The molecule has 0 aromatic rings. The number of quaternary nitrogens is 1. The van der Waals surface area contributed by atoms with Gasteiger partial charge in [0.05, 0.1) is 21.1 Å². The van der Waals surface area contributed by atoms with Crippen molar-refractivity contribution in [3.05, 3.63) is 12.2 Å². The normalized spacial score (nSPS) is 15.4. The zero-order valence-corrected chi connectivity index (χ0v) is 19.1. The van der Waals surface area contributed by atoms with Crippen molar-refractivity contribution in [2.45, 2.75) is 95.7 Å². The van der Waals surface area contributed by atoms with Crippen molar-refractivity contribution >= 4 is 7.60 Å². The van der Waals surface area contributed by atoms with Crippen molar-refractivity contribution in [3.8, 4) is 0 Å². The average molecular weight is 407 g/mol. The second kappa shape index (κ2) is 13.9. The monoisotopic (exact) mass is 406 g/mol. The Morgan fingerprint density at radius 1 is 0.815 bits per heavy atom. The molecule has 162 valence electrons. The third-order valence-corrected chi connectivity index (χ3v) is 6.31. The largest absolute Gasteiger partial charge is 0.373 e. The highest BCUT2D eigenvalue weighted by molar-refractivity contribution is 7.53. The Hall–Kier alpha value is -0.190. The summed E-state index contributed by atoms with van der Waals surface area (Å²) in [4.78, 5) is 19.1. The maximum Gasteiger partial charge on any atom is 0.362 e. The molecule has 5 nitrogen and oxygen atoms in total. The molecule has 0 fully saturated rings. The molecule has 0 spiro atoms. The lowest BCUT2D eigenvalue weighted by atomic mass is 10.1. The molecule has 0 saturated carbocycles. The van der Waals surface area contributed by atoms with Gasteiger partial charge >= 0.3 is 7.60 Å². The second-order valence-electron chi connectivity index (χ2n) is 8.96. The minimum Gasteiger partial charge on any atom is -0.373 e. The molecule has 0 bridgehead atoms. The first-order valence-electron chi connectivity index (χ1n) is 10.8. The lowest BCUT2D eigenvalue weighted by Gasteiger charge is -2.35. The summed E-state index contributed by atoms with van der Waals surface area (Å²) >= 11 is 0. The predicted octanol–water partition coefficient (Wildman–Crippen LogP) is 5.21. The molecule has 0 aliphatic rings. The van der Waals surface area contributed by atoms with Gasteiger partial charge in [0.2, 0.25) is 5.34 Å². The van der Waals surface area contributed by atoms with Crippen LogP contribution in [0.2, 0.25) is 0 Å². The molecule has 0 radical (unpaired) electrons. The van der Waals surface area contributed by atoms with E-state index in [1.165, 1.54) is 38.5 Å². The summed E-state index contributed by atoms with van der Waals surface area (Å²) in [6.07, 6.45) is 18.6. The molecule has 0 aromatic carbocycles. The van der Waals surface area contributed by atoms with E-state index < -0.39 is 12.9 Å². The Kier molecular flexibility index (Phi) is 13.8. The van der Waals surface area contributed by atoms with Gasteiger partial charge in [0.15, 0.2) is 0 Å². The molecule has 6 heteroatoms. The summed E-state index contributed by atoms with van der Waals surface area (Å²) in [5.74, 6) is 0. The topological polar surface area (TPSA) is 77.8 Å². The van der Waals surface area contributed by atoms with Gasteiger partial charge in [-0.25, -0.2) is 0 Å². The van der Waals surface area contributed by atoms with E-state index in [1.54, 1.807) is 0 Å². The molecule has 0 aliphatic heterocycles. The molecular weight excluding hydrogens is 361 g/mol. The van der Waals surface area contributed by atoms with E-state index in [1.807, 2.05) is 21.1 Å². The minimum absolute atomic E-state index is 0.0561. The Labute approximate surface area is 167 Å². The molecular formula is C21H45NO4P+. The third kappa shape index (κ3) is 14.5. The zero-order valence-electron chi connectivity index (χ0n) is 18.2. The summed E-state index contributed by atoms with van der Waals surface area (Å²) in [6, 6.07) is 0. The fourth-order valence-corrected chi connectivity index (χ4v) is 4.44. The van der Waals surface area contributed by atoms with Crippen LogP contribution in [0.1, 0.15) is 90.4 Å². The Morgan fingerprint density at radius 2 is 1.26 bits per heavy atom. The number of unbranched alkanes of at least 4 members (excludes halogenated alkanes) is 10. The number of hydrogen-bond donors (Lipinski definition) is 3. The summed E-state index contributed by atoms with van der Waals surface area (Å²) in [7, 11) is 0.958. The second-order valence-corrected chi connectivity index (χ2v) is 10.9. The molecule has 0 saturated heterocycles. The zero-order chi connectivity index (χ0) is 20.8. The summed E-state index contributed by atoms with van der Waals surface area (Å²) < 4.78 is 12.0. The smallest absolute Gasteiger partial charge is 0.362 e. The van der Waals surface area contributed by atoms with Gasteiger partial charge in [-0.05, 0) is 38.5 Å².